The first-order valence-corrected chi connectivity index (χ1v) is 9.45. The van der Waals surface area contributed by atoms with Gasteiger partial charge >= 0.3 is 0 Å². The maximum atomic E-state index is 14.0. The second-order valence-corrected chi connectivity index (χ2v) is 7.21. The molecule has 5 nitrogen and oxygen atoms in total. The van der Waals surface area contributed by atoms with E-state index in [4.69, 9.17) is 0 Å². The molecule has 1 aliphatic heterocycles. The molecule has 3 aromatic rings. The topological polar surface area (TPSA) is 70.5 Å². The second kappa shape index (κ2) is 7.91. The zero-order valence-corrected chi connectivity index (χ0v) is 16.2. The van der Waals surface area contributed by atoms with E-state index in [1.807, 2.05) is 6.92 Å². The van der Waals surface area contributed by atoms with Crippen molar-refractivity contribution in [1.82, 2.24) is 9.88 Å². The number of aromatic nitrogens is 1. The fraction of sp³-hybridized carbons (Fsp3) is 0.125. The summed E-state index contributed by atoms with van der Waals surface area (Å²) in [5.41, 5.74) is 2.48. The highest BCUT2D eigenvalue weighted by molar-refractivity contribution is 6.46. The summed E-state index contributed by atoms with van der Waals surface area (Å²) in [6.45, 7) is 2.01. The molecule has 1 aromatic heterocycles. The first-order valence-electron chi connectivity index (χ1n) is 9.45. The van der Waals surface area contributed by atoms with Gasteiger partial charge in [-0.05, 0) is 36.2 Å². The lowest BCUT2D eigenvalue weighted by molar-refractivity contribution is -0.140. The van der Waals surface area contributed by atoms with Crippen LogP contribution >= 0.6 is 0 Å². The highest BCUT2D eigenvalue weighted by Gasteiger charge is 2.46. The lowest BCUT2D eigenvalue weighted by Gasteiger charge is -2.25. The summed E-state index contributed by atoms with van der Waals surface area (Å²) in [4.78, 5) is 31.2. The summed E-state index contributed by atoms with van der Waals surface area (Å²) in [5, 5.41) is 11.0. The van der Waals surface area contributed by atoms with Crippen molar-refractivity contribution in [1.29, 1.82) is 0 Å². The Morgan fingerprint density at radius 1 is 1.10 bits per heavy atom. The number of Topliss-reactive ketones (excluding diaryl/α,β-unsaturated/α-hetero) is 1. The van der Waals surface area contributed by atoms with Crippen molar-refractivity contribution in [2.24, 2.45) is 0 Å². The van der Waals surface area contributed by atoms with Crippen molar-refractivity contribution >= 4 is 17.4 Å². The van der Waals surface area contributed by atoms with Crippen LogP contribution in [0.4, 0.5) is 4.39 Å². The highest BCUT2D eigenvalue weighted by atomic mass is 19.1. The number of amides is 1. The van der Waals surface area contributed by atoms with Gasteiger partial charge in [0.15, 0.2) is 0 Å². The predicted molar refractivity (Wildman–Crippen MR) is 110 cm³/mol. The maximum Gasteiger partial charge on any atom is 0.295 e. The number of hydrogen-bond acceptors (Lipinski definition) is 4. The minimum atomic E-state index is -0.915. The van der Waals surface area contributed by atoms with Gasteiger partial charge in [0, 0.05) is 24.5 Å². The van der Waals surface area contributed by atoms with E-state index < -0.39 is 23.5 Å². The largest absolute Gasteiger partial charge is 0.507 e. The fourth-order valence-electron chi connectivity index (χ4n) is 3.62. The Labute approximate surface area is 173 Å². The molecule has 0 bridgehead atoms. The molecule has 0 saturated carbocycles. The van der Waals surface area contributed by atoms with Crippen molar-refractivity contribution in [2.45, 2.75) is 19.5 Å². The summed E-state index contributed by atoms with van der Waals surface area (Å²) in [6.07, 6.45) is 3.21. The fourth-order valence-corrected chi connectivity index (χ4v) is 3.62. The number of hydrogen-bond donors (Lipinski definition) is 1. The van der Waals surface area contributed by atoms with Crippen molar-refractivity contribution in [3.8, 4) is 0 Å². The molecule has 1 atom stereocenters. The van der Waals surface area contributed by atoms with Gasteiger partial charge < -0.3 is 10.0 Å². The summed E-state index contributed by atoms with van der Waals surface area (Å²) < 4.78 is 14.0. The quantitative estimate of drug-likeness (QED) is 0.404. The number of aliphatic hydroxyl groups is 1. The molecule has 30 heavy (non-hydrogen) atoms. The van der Waals surface area contributed by atoms with Crippen LogP contribution in [0, 0.1) is 12.7 Å². The van der Waals surface area contributed by atoms with E-state index in [0.29, 0.717) is 11.1 Å². The third kappa shape index (κ3) is 3.59. The molecule has 1 amide bonds. The van der Waals surface area contributed by atoms with Crippen LogP contribution in [0.15, 0.2) is 78.6 Å². The smallest absolute Gasteiger partial charge is 0.295 e. The normalized spacial score (nSPS) is 18.1. The molecule has 0 radical (unpaired) electrons. The van der Waals surface area contributed by atoms with Gasteiger partial charge in [0.2, 0.25) is 0 Å². The second-order valence-electron chi connectivity index (χ2n) is 7.21. The zero-order chi connectivity index (χ0) is 21.3. The number of aryl methyl sites for hydroxylation is 1. The van der Waals surface area contributed by atoms with Crippen molar-refractivity contribution in [2.75, 3.05) is 0 Å². The molecule has 0 aliphatic carbocycles. The van der Waals surface area contributed by atoms with Gasteiger partial charge in [0.25, 0.3) is 11.7 Å². The van der Waals surface area contributed by atoms with Crippen LogP contribution in [0.5, 0.6) is 0 Å². The number of pyridine rings is 1. The number of carbonyl (C=O) groups excluding carboxylic acids is 2. The van der Waals surface area contributed by atoms with E-state index in [1.165, 1.54) is 23.1 Å². The van der Waals surface area contributed by atoms with Gasteiger partial charge in [-0.2, -0.15) is 0 Å². The minimum absolute atomic E-state index is 0.0571. The van der Waals surface area contributed by atoms with Crippen LogP contribution in [-0.4, -0.2) is 26.7 Å². The van der Waals surface area contributed by atoms with Gasteiger partial charge in [-0.1, -0.05) is 48.0 Å². The summed E-state index contributed by atoms with van der Waals surface area (Å²) in [7, 11) is 0. The molecule has 1 unspecified atom stereocenters. The molecule has 150 valence electrons. The number of likely N-dealkylation sites (tertiary alicyclic amines) is 1. The number of rotatable bonds is 4. The summed E-state index contributed by atoms with van der Waals surface area (Å²) >= 11 is 0. The molecular weight excluding hydrogens is 383 g/mol. The standard InChI is InChI=1S/C24H19FN2O3/c1-15-7-9-17(10-8-15)22(28)20-21(18-5-2-6-19(25)12-18)27(24(30)23(20)29)14-16-4-3-11-26-13-16/h2-13,21,28H,14H2,1H3/b22-20-. The van der Waals surface area contributed by atoms with Gasteiger partial charge in [-0.3, -0.25) is 14.6 Å². The molecule has 2 aromatic carbocycles. The maximum absolute atomic E-state index is 14.0. The lowest BCUT2D eigenvalue weighted by atomic mass is 9.95. The van der Waals surface area contributed by atoms with Crippen molar-refractivity contribution in [3.63, 3.8) is 0 Å². The first kappa shape index (κ1) is 19.5. The van der Waals surface area contributed by atoms with Crippen LogP contribution in [-0.2, 0) is 16.1 Å². The van der Waals surface area contributed by atoms with Gasteiger partial charge in [-0.15, -0.1) is 0 Å². The molecule has 1 N–H and O–H groups in total. The van der Waals surface area contributed by atoms with Crippen LogP contribution in [0.1, 0.15) is 28.3 Å². The highest BCUT2D eigenvalue weighted by Crippen LogP contribution is 2.40. The molecular formula is C24H19FN2O3. The van der Waals surface area contributed by atoms with Crippen molar-refractivity contribution in [3.05, 3.63) is 107 Å². The van der Waals surface area contributed by atoms with Gasteiger partial charge in [0.1, 0.15) is 11.6 Å². The summed E-state index contributed by atoms with van der Waals surface area (Å²) in [6, 6.07) is 15.3. The SMILES string of the molecule is Cc1ccc(/C(O)=C2/C(=O)C(=O)N(Cc3cccnc3)C2c2cccc(F)c2)cc1. The van der Waals surface area contributed by atoms with Crippen LogP contribution in [0.25, 0.3) is 5.76 Å². The van der Waals surface area contributed by atoms with Crippen molar-refractivity contribution < 1.29 is 19.1 Å². The molecule has 1 aliphatic rings. The van der Waals surface area contributed by atoms with Crippen LogP contribution in [0.3, 0.4) is 0 Å². The molecule has 6 heteroatoms. The first-order chi connectivity index (χ1) is 14.5. The molecule has 4 rings (SSSR count). The Hall–Kier alpha value is -3.80. The number of nitrogens with zero attached hydrogens (tertiary/aromatic N) is 2. The van der Waals surface area contributed by atoms with E-state index in [2.05, 4.69) is 4.98 Å². The average Bonchev–Trinajstić information content (AvgIpc) is 2.99. The van der Waals surface area contributed by atoms with Crippen LogP contribution in [0.2, 0.25) is 0 Å². The number of halogens is 1. The van der Waals surface area contributed by atoms with Crippen LogP contribution < -0.4 is 0 Å². The van der Waals surface area contributed by atoms with Gasteiger partial charge in [0.05, 0.1) is 11.6 Å². The predicted octanol–water partition coefficient (Wildman–Crippen LogP) is 4.15. The van der Waals surface area contributed by atoms with E-state index in [9.17, 15) is 19.1 Å². The average molecular weight is 402 g/mol. The Kier molecular flexibility index (Phi) is 5.14. The molecule has 2 heterocycles. The number of benzene rings is 2. The van der Waals surface area contributed by atoms with E-state index in [-0.39, 0.29) is 17.9 Å². The zero-order valence-electron chi connectivity index (χ0n) is 16.2. The monoisotopic (exact) mass is 402 g/mol. The van der Waals surface area contributed by atoms with E-state index >= 15 is 0 Å². The molecule has 0 spiro atoms. The number of ketones is 1. The Morgan fingerprint density at radius 2 is 1.87 bits per heavy atom. The number of aliphatic hydroxyl groups excluding tert-OH is 1. The lowest BCUT2D eigenvalue weighted by Crippen LogP contribution is -2.29. The van der Waals surface area contributed by atoms with E-state index in [0.717, 1.165) is 11.1 Å². The Bertz CT molecular complexity index is 1140. The third-order valence-corrected chi connectivity index (χ3v) is 5.11. The Morgan fingerprint density at radius 3 is 2.53 bits per heavy atom. The van der Waals surface area contributed by atoms with Gasteiger partial charge in [-0.25, -0.2) is 4.39 Å². The van der Waals surface area contributed by atoms with E-state index in [1.54, 1.807) is 54.9 Å². The minimum Gasteiger partial charge on any atom is -0.507 e. The summed E-state index contributed by atoms with van der Waals surface area (Å²) in [5.74, 6) is -2.32. The number of carbonyl (C=O) groups is 2. The Balaban J connectivity index is 1.87. The molecule has 1 fully saturated rings. The third-order valence-electron chi connectivity index (χ3n) is 5.11. The molecule has 1 saturated heterocycles.